The summed E-state index contributed by atoms with van der Waals surface area (Å²) >= 11 is 0. The van der Waals surface area contributed by atoms with Crippen LogP contribution in [0, 0.1) is 17.8 Å². The van der Waals surface area contributed by atoms with Gasteiger partial charge in [-0.25, -0.2) is 0 Å². The van der Waals surface area contributed by atoms with E-state index in [2.05, 4.69) is 13.5 Å². The molecule has 0 aromatic rings. The van der Waals surface area contributed by atoms with E-state index in [9.17, 15) is 4.79 Å². The largest absolute Gasteiger partial charge is 0.462 e. The second-order valence-corrected chi connectivity index (χ2v) is 7.44. The highest BCUT2D eigenvalue weighted by molar-refractivity contribution is 5.71. The molecule has 0 aromatic heterocycles. The molecule has 0 amide bonds. The Morgan fingerprint density at radius 1 is 1.05 bits per heavy atom. The second kappa shape index (κ2) is 9.37. The number of rotatable bonds is 7. The van der Waals surface area contributed by atoms with Gasteiger partial charge in [-0.15, -0.1) is 6.58 Å². The summed E-state index contributed by atoms with van der Waals surface area (Å²) in [6.45, 7) is 5.89. The lowest BCUT2D eigenvalue weighted by atomic mass is 9.70. The van der Waals surface area contributed by atoms with Crippen LogP contribution in [0.15, 0.2) is 12.7 Å². The molecule has 2 fully saturated rings. The van der Waals surface area contributed by atoms with Gasteiger partial charge in [-0.1, -0.05) is 45.1 Å². The van der Waals surface area contributed by atoms with Gasteiger partial charge in [0.2, 0.25) is 0 Å². The topological polar surface area (TPSA) is 26.3 Å². The number of esters is 1. The zero-order valence-electron chi connectivity index (χ0n) is 14.4. The fourth-order valence-electron chi connectivity index (χ4n) is 4.47. The summed E-state index contributed by atoms with van der Waals surface area (Å²) in [4.78, 5) is 11.5. The molecule has 0 N–H and O–H groups in total. The molecule has 0 radical (unpaired) electrons. The first kappa shape index (κ1) is 17.6. The smallest absolute Gasteiger partial charge is 0.309 e. The van der Waals surface area contributed by atoms with E-state index in [0.717, 1.165) is 30.6 Å². The Morgan fingerprint density at radius 3 is 2.18 bits per heavy atom. The molecule has 0 unspecified atom stereocenters. The first-order valence-corrected chi connectivity index (χ1v) is 9.53. The van der Waals surface area contributed by atoms with E-state index in [1.165, 1.54) is 57.8 Å². The number of ether oxygens (including phenoxy) is 1. The van der Waals surface area contributed by atoms with Gasteiger partial charge in [-0.2, -0.15) is 0 Å². The Bertz CT molecular complexity index is 334. The van der Waals surface area contributed by atoms with Gasteiger partial charge in [-0.3, -0.25) is 4.79 Å². The molecule has 2 aliphatic carbocycles. The number of carbonyl (C=O) groups is 1. The Labute approximate surface area is 136 Å². The lowest BCUT2D eigenvalue weighted by molar-refractivity contribution is -0.150. The minimum atomic E-state index is -0.102. The minimum Gasteiger partial charge on any atom is -0.462 e. The highest BCUT2D eigenvalue weighted by Crippen LogP contribution is 2.41. The maximum Gasteiger partial charge on any atom is 0.309 e. The molecular formula is C20H34O2. The summed E-state index contributed by atoms with van der Waals surface area (Å²) in [5.74, 6) is 2.74. The third-order valence-electron chi connectivity index (χ3n) is 5.85. The Hall–Kier alpha value is -0.790. The van der Waals surface area contributed by atoms with Crippen molar-refractivity contribution in [3.8, 4) is 0 Å². The van der Waals surface area contributed by atoms with Crippen LogP contribution < -0.4 is 0 Å². The monoisotopic (exact) mass is 306 g/mol. The van der Waals surface area contributed by atoms with E-state index >= 15 is 0 Å². The lowest BCUT2D eigenvalue weighted by Crippen LogP contribution is -2.29. The molecule has 2 nitrogen and oxygen atoms in total. The van der Waals surface area contributed by atoms with Crippen molar-refractivity contribution in [1.82, 2.24) is 0 Å². The van der Waals surface area contributed by atoms with Crippen LogP contribution in [0.5, 0.6) is 0 Å². The Balaban J connectivity index is 1.65. The van der Waals surface area contributed by atoms with Crippen LogP contribution in [-0.2, 0) is 9.53 Å². The SMILES string of the molecule is C=CCC(=O)O[C@H]1CC[C@H]([C@H]2CC[C@H](CCCC)CC2)CC1. The molecule has 126 valence electrons. The van der Waals surface area contributed by atoms with E-state index in [0.29, 0.717) is 6.42 Å². The first-order chi connectivity index (χ1) is 10.7. The first-order valence-electron chi connectivity index (χ1n) is 9.53. The zero-order valence-corrected chi connectivity index (χ0v) is 14.4. The summed E-state index contributed by atoms with van der Waals surface area (Å²) in [6, 6.07) is 0. The molecule has 0 bridgehead atoms. The van der Waals surface area contributed by atoms with E-state index in [-0.39, 0.29) is 12.1 Å². The van der Waals surface area contributed by atoms with Crippen molar-refractivity contribution in [3.05, 3.63) is 12.7 Å². The van der Waals surface area contributed by atoms with Gasteiger partial charge in [0.15, 0.2) is 0 Å². The molecular weight excluding hydrogens is 272 g/mol. The van der Waals surface area contributed by atoms with E-state index < -0.39 is 0 Å². The summed E-state index contributed by atoms with van der Waals surface area (Å²) in [6.07, 6.45) is 16.8. The van der Waals surface area contributed by atoms with Crippen molar-refractivity contribution < 1.29 is 9.53 Å². The predicted octanol–water partition coefficient (Wildman–Crippen LogP) is 5.66. The average Bonchev–Trinajstić information content (AvgIpc) is 2.54. The highest BCUT2D eigenvalue weighted by Gasteiger charge is 2.31. The normalized spacial score (nSPS) is 32.4. The quantitative estimate of drug-likeness (QED) is 0.448. The number of hydrogen-bond acceptors (Lipinski definition) is 2. The van der Waals surface area contributed by atoms with Crippen LogP contribution in [0.4, 0.5) is 0 Å². The lowest BCUT2D eigenvalue weighted by Gasteiger charge is -2.37. The molecule has 0 spiro atoms. The minimum absolute atomic E-state index is 0.102. The van der Waals surface area contributed by atoms with Gasteiger partial charge in [-0.05, 0) is 56.3 Å². The van der Waals surface area contributed by atoms with Gasteiger partial charge in [0.05, 0.1) is 6.42 Å². The van der Waals surface area contributed by atoms with E-state index in [1.54, 1.807) is 6.08 Å². The highest BCUT2D eigenvalue weighted by atomic mass is 16.5. The third-order valence-corrected chi connectivity index (χ3v) is 5.85. The van der Waals surface area contributed by atoms with Crippen molar-refractivity contribution in [2.45, 2.75) is 90.1 Å². The Kier molecular flexibility index (Phi) is 7.48. The van der Waals surface area contributed by atoms with Crippen LogP contribution in [0.3, 0.4) is 0 Å². The van der Waals surface area contributed by atoms with Gasteiger partial charge in [0.25, 0.3) is 0 Å². The maximum atomic E-state index is 11.5. The van der Waals surface area contributed by atoms with Crippen molar-refractivity contribution in [1.29, 1.82) is 0 Å². The fourth-order valence-corrected chi connectivity index (χ4v) is 4.47. The molecule has 22 heavy (non-hydrogen) atoms. The molecule has 2 aliphatic rings. The van der Waals surface area contributed by atoms with Crippen LogP contribution in [-0.4, -0.2) is 12.1 Å². The van der Waals surface area contributed by atoms with Crippen molar-refractivity contribution in [2.75, 3.05) is 0 Å². The summed E-state index contributed by atoms with van der Waals surface area (Å²) in [5, 5.41) is 0. The summed E-state index contributed by atoms with van der Waals surface area (Å²) < 4.78 is 5.52. The molecule has 2 heteroatoms. The van der Waals surface area contributed by atoms with Crippen LogP contribution in [0.1, 0.15) is 84.0 Å². The van der Waals surface area contributed by atoms with Crippen LogP contribution in [0.25, 0.3) is 0 Å². The van der Waals surface area contributed by atoms with Gasteiger partial charge >= 0.3 is 5.97 Å². The number of hydrogen-bond donors (Lipinski definition) is 0. The standard InChI is InChI=1S/C20H34O2/c1-3-5-7-16-8-10-17(11-9-16)18-12-14-19(15-13-18)22-20(21)6-4-2/h4,16-19H,2-3,5-15H2,1H3/t16-,17-,18-,19-. The summed E-state index contributed by atoms with van der Waals surface area (Å²) in [7, 11) is 0. The molecule has 2 saturated carbocycles. The van der Waals surface area contributed by atoms with Gasteiger partial charge < -0.3 is 4.74 Å². The number of unbranched alkanes of at least 4 members (excludes halogenated alkanes) is 1. The van der Waals surface area contributed by atoms with Gasteiger partial charge in [0, 0.05) is 0 Å². The molecule has 2 rings (SSSR count). The second-order valence-electron chi connectivity index (χ2n) is 7.44. The van der Waals surface area contributed by atoms with E-state index in [4.69, 9.17) is 4.74 Å². The Morgan fingerprint density at radius 2 is 1.64 bits per heavy atom. The van der Waals surface area contributed by atoms with Gasteiger partial charge in [0.1, 0.15) is 6.10 Å². The molecule has 0 saturated heterocycles. The van der Waals surface area contributed by atoms with Crippen LogP contribution in [0.2, 0.25) is 0 Å². The van der Waals surface area contributed by atoms with Crippen LogP contribution >= 0.6 is 0 Å². The molecule has 0 aliphatic heterocycles. The number of carbonyl (C=O) groups excluding carboxylic acids is 1. The summed E-state index contributed by atoms with van der Waals surface area (Å²) in [5.41, 5.74) is 0. The molecule has 0 aromatic carbocycles. The maximum absolute atomic E-state index is 11.5. The van der Waals surface area contributed by atoms with Crippen molar-refractivity contribution in [2.24, 2.45) is 17.8 Å². The molecule has 0 atom stereocenters. The predicted molar refractivity (Wildman–Crippen MR) is 91.6 cm³/mol. The third kappa shape index (κ3) is 5.44. The zero-order chi connectivity index (χ0) is 15.8. The van der Waals surface area contributed by atoms with E-state index in [1.807, 2.05) is 0 Å². The average molecular weight is 306 g/mol. The molecule has 0 heterocycles. The fraction of sp³-hybridized carbons (Fsp3) is 0.850. The van der Waals surface area contributed by atoms with Crippen molar-refractivity contribution >= 4 is 5.97 Å². The van der Waals surface area contributed by atoms with Crippen molar-refractivity contribution in [3.63, 3.8) is 0 Å².